The zero-order chi connectivity index (χ0) is 14.1. The molecule has 0 spiro atoms. The third-order valence-electron chi connectivity index (χ3n) is 1.88. The maximum atomic E-state index is 13.1. The van der Waals surface area contributed by atoms with E-state index in [2.05, 4.69) is 4.65 Å². The SMILES string of the molecule is OB(O)Oc1cccc(F)c1C(F)(F)C(F)(F)F. The molecule has 0 atom stereocenters. The van der Waals surface area contributed by atoms with Gasteiger partial charge in [-0.15, -0.1) is 0 Å². The van der Waals surface area contributed by atoms with Gasteiger partial charge in [0, 0.05) is 0 Å². The minimum absolute atomic E-state index is 0.367. The molecular formula is C8H5BF6O3. The summed E-state index contributed by atoms with van der Waals surface area (Å²) in [6.45, 7) is 0. The van der Waals surface area contributed by atoms with Crippen molar-refractivity contribution in [3.63, 3.8) is 0 Å². The first kappa shape index (κ1) is 14.6. The molecule has 2 N–H and O–H groups in total. The van der Waals surface area contributed by atoms with Crippen molar-refractivity contribution in [2.24, 2.45) is 0 Å². The molecule has 1 aromatic rings. The van der Waals surface area contributed by atoms with Crippen molar-refractivity contribution in [3.05, 3.63) is 29.6 Å². The Balaban J connectivity index is 3.38. The quantitative estimate of drug-likeness (QED) is 0.653. The van der Waals surface area contributed by atoms with E-state index in [0.29, 0.717) is 12.1 Å². The van der Waals surface area contributed by atoms with Gasteiger partial charge in [-0.3, -0.25) is 0 Å². The van der Waals surface area contributed by atoms with Gasteiger partial charge in [0.25, 0.3) is 0 Å². The van der Waals surface area contributed by atoms with E-state index in [1.165, 1.54) is 0 Å². The molecule has 0 aliphatic heterocycles. The maximum Gasteiger partial charge on any atom is 0.707 e. The lowest BCUT2D eigenvalue weighted by atomic mass is 10.1. The van der Waals surface area contributed by atoms with Crippen molar-refractivity contribution in [3.8, 4) is 5.75 Å². The Morgan fingerprint density at radius 2 is 1.61 bits per heavy atom. The third kappa shape index (κ3) is 2.70. The van der Waals surface area contributed by atoms with Gasteiger partial charge in [0.2, 0.25) is 0 Å². The topological polar surface area (TPSA) is 49.7 Å². The van der Waals surface area contributed by atoms with Crippen LogP contribution >= 0.6 is 0 Å². The molecule has 0 unspecified atom stereocenters. The van der Waals surface area contributed by atoms with Gasteiger partial charge in [-0.1, -0.05) is 6.07 Å². The lowest BCUT2D eigenvalue weighted by molar-refractivity contribution is -0.290. The summed E-state index contributed by atoms with van der Waals surface area (Å²) >= 11 is 0. The summed E-state index contributed by atoms with van der Waals surface area (Å²) in [4.78, 5) is 0. The van der Waals surface area contributed by atoms with Crippen LogP contribution in [0.1, 0.15) is 5.56 Å². The van der Waals surface area contributed by atoms with Crippen molar-refractivity contribution >= 4 is 7.32 Å². The molecule has 0 aromatic heterocycles. The first-order chi connectivity index (χ1) is 8.07. The van der Waals surface area contributed by atoms with E-state index in [1.807, 2.05) is 0 Å². The summed E-state index contributed by atoms with van der Waals surface area (Å²) in [5.74, 6) is -8.72. The largest absolute Gasteiger partial charge is 0.707 e. The fraction of sp³-hybridized carbons (Fsp3) is 0.250. The summed E-state index contributed by atoms with van der Waals surface area (Å²) in [5, 5.41) is 16.7. The first-order valence-corrected chi connectivity index (χ1v) is 4.33. The normalized spacial score (nSPS) is 12.4. The molecule has 10 heteroatoms. The van der Waals surface area contributed by atoms with Gasteiger partial charge in [0.15, 0.2) is 0 Å². The predicted octanol–water partition coefficient (Wildman–Crippen LogP) is 1.83. The average molecular weight is 274 g/mol. The van der Waals surface area contributed by atoms with Crippen LogP contribution in [-0.2, 0) is 5.92 Å². The molecule has 0 heterocycles. The Bertz CT molecular complexity index is 433. The number of hydrogen-bond donors (Lipinski definition) is 2. The fourth-order valence-corrected chi connectivity index (χ4v) is 1.16. The number of rotatable bonds is 3. The molecule has 18 heavy (non-hydrogen) atoms. The van der Waals surface area contributed by atoms with Crippen LogP contribution in [-0.4, -0.2) is 23.5 Å². The highest BCUT2D eigenvalue weighted by Gasteiger charge is 2.61. The Morgan fingerprint density at radius 1 is 1.06 bits per heavy atom. The number of alkyl halides is 5. The zero-order valence-electron chi connectivity index (χ0n) is 8.38. The molecule has 0 bridgehead atoms. The molecule has 0 radical (unpaired) electrons. The van der Waals surface area contributed by atoms with Gasteiger partial charge in [-0.2, -0.15) is 22.0 Å². The van der Waals surface area contributed by atoms with Crippen molar-refractivity contribution in [1.82, 2.24) is 0 Å². The van der Waals surface area contributed by atoms with Crippen LogP contribution in [0.5, 0.6) is 5.75 Å². The van der Waals surface area contributed by atoms with Gasteiger partial charge in [0.1, 0.15) is 17.1 Å². The van der Waals surface area contributed by atoms with E-state index in [4.69, 9.17) is 10.0 Å². The smallest absolute Gasteiger partial charge is 0.511 e. The fourth-order valence-electron chi connectivity index (χ4n) is 1.16. The second-order valence-corrected chi connectivity index (χ2v) is 3.13. The van der Waals surface area contributed by atoms with Gasteiger partial charge in [-0.25, -0.2) is 4.39 Å². The standard InChI is InChI=1S/C8H5BF6O3/c10-4-2-1-3-5(18-9(16)17)6(4)7(11,12)8(13,14)15/h1-3,16-17H. The molecule has 1 aromatic carbocycles. The zero-order valence-corrected chi connectivity index (χ0v) is 8.38. The van der Waals surface area contributed by atoms with Crippen LogP contribution in [0.4, 0.5) is 26.3 Å². The van der Waals surface area contributed by atoms with E-state index in [0.717, 1.165) is 6.07 Å². The van der Waals surface area contributed by atoms with Crippen molar-refractivity contribution in [2.75, 3.05) is 0 Å². The predicted molar refractivity (Wildman–Crippen MR) is 47.2 cm³/mol. The van der Waals surface area contributed by atoms with Crippen LogP contribution < -0.4 is 4.65 Å². The monoisotopic (exact) mass is 274 g/mol. The maximum absolute atomic E-state index is 13.1. The van der Waals surface area contributed by atoms with E-state index < -0.39 is 36.6 Å². The van der Waals surface area contributed by atoms with Crippen molar-refractivity contribution < 1.29 is 41.0 Å². The number of hydrogen-bond acceptors (Lipinski definition) is 3. The Morgan fingerprint density at radius 3 is 2.06 bits per heavy atom. The highest BCUT2D eigenvalue weighted by Crippen LogP contribution is 2.48. The molecule has 1 rings (SSSR count). The van der Waals surface area contributed by atoms with E-state index in [-0.39, 0.29) is 0 Å². The molecule has 0 amide bonds. The highest BCUT2D eigenvalue weighted by atomic mass is 19.4. The van der Waals surface area contributed by atoms with Crippen molar-refractivity contribution in [1.29, 1.82) is 0 Å². The molecule has 3 nitrogen and oxygen atoms in total. The third-order valence-corrected chi connectivity index (χ3v) is 1.88. The summed E-state index contributed by atoms with van der Waals surface area (Å²) in [6, 6.07) is 1.70. The molecule has 0 aliphatic carbocycles. The Hall–Kier alpha value is -1.42. The molecule has 0 aliphatic rings. The van der Waals surface area contributed by atoms with Crippen LogP contribution in [0.15, 0.2) is 18.2 Å². The van der Waals surface area contributed by atoms with Gasteiger partial charge < -0.3 is 14.7 Å². The average Bonchev–Trinajstić information content (AvgIpc) is 2.13. The van der Waals surface area contributed by atoms with E-state index in [1.54, 1.807) is 0 Å². The molecule has 0 fully saturated rings. The van der Waals surface area contributed by atoms with E-state index >= 15 is 0 Å². The van der Waals surface area contributed by atoms with Crippen LogP contribution in [0, 0.1) is 5.82 Å². The second-order valence-electron chi connectivity index (χ2n) is 3.13. The lowest BCUT2D eigenvalue weighted by Crippen LogP contribution is -2.36. The van der Waals surface area contributed by atoms with Crippen LogP contribution in [0.3, 0.4) is 0 Å². The minimum atomic E-state index is -6.05. The molecule has 0 saturated carbocycles. The second kappa shape index (κ2) is 4.69. The first-order valence-electron chi connectivity index (χ1n) is 4.33. The molecule has 0 saturated heterocycles. The van der Waals surface area contributed by atoms with Crippen LogP contribution in [0.25, 0.3) is 0 Å². The number of benzene rings is 1. The Kier molecular flexibility index (Phi) is 3.82. The highest BCUT2D eigenvalue weighted by molar-refractivity contribution is 6.33. The van der Waals surface area contributed by atoms with Crippen molar-refractivity contribution in [2.45, 2.75) is 12.1 Å². The summed E-state index contributed by atoms with van der Waals surface area (Å²) in [5.41, 5.74) is -2.11. The van der Waals surface area contributed by atoms with Gasteiger partial charge in [0.05, 0.1) is 0 Å². The number of halogens is 6. The van der Waals surface area contributed by atoms with Gasteiger partial charge in [-0.05, 0) is 12.1 Å². The molecular weight excluding hydrogens is 269 g/mol. The minimum Gasteiger partial charge on any atom is -0.511 e. The molecule has 100 valence electrons. The Labute approximate surface area is 96.8 Å². The lowest BCUT2D eigenvalue weighted by Gasteiger charge is -2.22. The summed E-state index contributed by atoms with van der Waals surface area (Å²) < 4.78 is 79.4. The van der Waals surface area contributed by atoms with E-state index in [9.17, 15) is 26.3 Å². The van der Waals surface area contributed by atoms with Crippen LogP contribution in [0.2, 0.25) is 0 Å². The summed E-state index contributed by atoms with van der Waals surface area (Å²) in [7, 11) is -2.66. The summed E-state index contributed by atoms with van der Waals surface area (Å²) in [6.07, 6.45) is -6.05. The van der Waals surface area contributed by atoms with Gasteiger partial charge >= 0.3 is 19.4 Å².